The van der Waals surface area contributed by atoms with Crippen molar-refractivity contribution in [2.75, 3.05) is 13.6 Å². The Kier molecular flexibility index (Phi) is 19.6. The van der Waals surface area contributed by atoms with Gasteiger partial charge in [0.2, 0.25) is 5.91 Å². The zero-order chi connectivity index (χ0) is 41.1. The third-order valence-corrected chi connectivity index (χ3v) is 21.8. The van der Waals surface area contributed by atoms with Crippen LogP contribution >= 0.6 is 0 Å². The SMILES string of the molecule is C=C/C=C\[C@H](C)C(OC(N)=O)C(C)C(O[Si](C)(C)C(C)(C)C)C(C)C/C(C)=C\[C@H](C)[C@@H](O[Si](C)(C)C(C)(C)C)[C@@H](C)CN(C)C(=O)CC1CCCCC1. The van der Waals surface area contributed by atoms with E-state index in [0.29, 0.717) is 18.9 Å². The van der Waals surface area contributed by atoms with E-state index in [1.165, 1.54) is 37.7 Å². The Morgan fingerprint density at radius 2 is 1.34 bits per heavy atom. The first-order valence-corrected chi connectivity index (χ1v) is 26.5. The summed E-state index contributed by atoms with van der Waals surface area (Å²) in [4.78, 5) is 27.5. The van der Waals surface area contributed by atoms with Gasteiger partial charge in [0.1, 0.15) is 6.10 Å². The Labute approximate surface area is 329 Å². The molecule has 0 radical (unpaired) electrons. The Hall–Kier alpha value is -1.69. The van der Waals surface area contributed by atoms with Crippen molar-refractivity contribution in [3.05, 3.63) is 36.5 Å². The van der Waals surface area contributed by atoms with Crippen molar-refractivity contribution < 1.29 is 23.2 Å². The third kappa shape index (κ3) is 15.8. The highest BCUT2D eigenvalue weighted by Crippen LogP contribution is 2.42. The molecule has 1 aliphatic rings. The van der Waals surface area contributed by atoms with Crippen LogP contribution in [0.3, 0.4) is 0 Å². The number of carbonyl (C=O) groups excluding carboxylic acids is 2. The van der Waals surface area contributed by atoms with Crippen molar-refractivity contribution in [1.82, 2.24) is 4.90 Å². The van der Waals surface area contributed by atoms with Crippen molar-refractivity contribution in [2.24, 2.45) is 41.2 Å². The molecule has 8 atom stereocenters. The summed E-state index contributed by atoms with van der Waals surface area (Å²) in [6, 6.07) is 0. The van der Waals surface area contributed by atoms with E-state index in [2.05, 4.69) is 122 Å². The van der Waals surface area contributed by atoms with E-state index in [0.717, 1.165) is 6.42 Å². The lowest BCUT2D eigenvalue weighted by atomic mass is 9.81. The van der Waals surface area contributed by atoms with Crippen LogP contribution in [-0.4, -0.2) is 65.4 Å². The average Bonchev–Trinajstić information content (AvgIpc) is 3.02. The normalized spacial score (nSPS) is 20.2. The molecule has 4 unspecified atom stereocenters. The van der Waals surface area contributed by atoms with E-state index in [4.69, 9.17) is 19.3 Å². The molecule has 1 rings (SSSR count). The summed E-state index contributed by atoms with van der Waals surface area (Å²) in [6.07, 6.45) is 14.3. The fourth-order valence-electron chi connectivity index (χ4n) is 7.56. The minimum Gasteiger partial charge on any atom is -0.445 e. The molecule has 1 saturated carbocycles. The van der Waals surface area contributed by atoms with Crippen LogP contribution in [0, 0.1) is 35.5 Å². The molecule has 0 heterocycles. The Balaban J connectivity index is 3.46. The standard InChI is InChI=1S/C44H84N2O5Si2/c1-19-20-24-32(3)40(49-42(45)48)36(7)41(51-53(17,18)44(11,12)13)34(5)28-31(2)27-33(4)39(50-52(15,16)43(8,9)10)35(6)30-46(14)38(47)29-37-25-22-21-23-26-37/h19-20,24,27,32-37,39-41H,1,21-23,25-26,28-30H2,2-18H3,(H2,45,48)/b24-20-,31-27-/t32-,33-,34?,35-,36?,39+,40?,41?/m0/s1. The van der Waals surface area contributed by atoms with Crippen molar-refractivity contribution in [3.8, 4) is 0 Å². The van der Waals surface area contributed by atoms with E-state index in [9.17, 15) is 9.59 Å². The highest BCUT2D eigenvalue weighted by molar-refractivity contribution is 6.74. The van der Waals surface area contributed by atoms with Crippen LogP contribution in [0.2, 0.25) is 36.3 Å². The molecule has 2 amide bonds. The number of hydrogen-bond donors (Lipinski definition) is 1. The van der Waals surface area contributed by atoms with E-state index in [1.807, 2.05) is 24.1 Å². The third-order valence-electron chi connectivity index (χ3n) is 12.8. The van der Waals surface area contributed by atoms with Gasteiger partial charge in [0.05, 0.1) is 12.2 Å². The van der Waals surface area contributed by atoms with Gasteiger partial charge in [-0.15, -0.1) is 0 Å². The zero-order valence-electron chi connectivity index (χ0n) is 37.4. The quantitative estimate of drug-likeness (QED) is 0.0755. The lowest BCUT2D eigenvalue weighted by Gasteiger charge is -2.45. The predicted molar refractivity (Wildman–Crippen MR) is 231 cm³/mol. The molecule has 1 fully saturated rings. The molecule has 0 aromatic rings. The highest BCUT2D eigenvalue weighted by Gasteiger charge is 2.45. The van der Waals surface area contributed by atoms with Crippen molar-refractivity contribution in [3.63, 3.8) is 0 Å². The summed E-state index contributed by atoms with van der Waals surface area (Å²) < 4.78 is 20.3. The molecular weight excluding hydrogens is 693 g/mol. The second-order valence-electron chi connectivity index (χ2n) is 19.9. The number of rotatable bonds is 20. The molecule has 2 N–H and O–H groups in total. The molecule has 1 aliphatic carbocycles. The van der Waals surface area contributed by atoms with Gasteiger partial charge in [-0.25, -0.2) is 4.79 Å². The van der Waals surface area contributed by atoms with Crippen LogP contribution < -0.4 is 5.73 Å². The summed E-state index contributed by atoms with van der Waals surface area (Å²) in [5.41, 5.74) is 6.92. The van der Waals surface area contributed by atoms with Crippen LogP contribution in [-0.2, 0) is 18.4 Å². The minimum atomic E-state index is -2.21. The summed E-state index contributed by atoms with van der Waals surface area (Å²) in [5.74, 6) is 1.03. The molecule has 308 valence electrons. The summed E-state index contributed by atoms with van der Waals surface area (Å²) in [6.45, 7) is 40.6. The van der Waals surface area contributed by atoms with Crippen LogP contribution in [0.5, 0.6) is 0 Å². The van der Waals surface area contributed by atoms with Gasteiger partial charge >= 0.3 is 6.09 Å². The second-order valence-corrected chi connectivity index (χ2v) is 29.5. The maximum absolute atomic E-state index is 13.4. The molecule has 7 nitrogen and oxygen atoms in total. The first-order valence-electron chi connectivity index (χ1n) is 20.7. The van der Waals surface area contributed by atoms with Gasteiger partial charge in [0.15, 0.2) is 16.6 Å². The zero-order valence-corrected chi connectivity index (χ0v) is 39.4. The average molecular weight is 777 g/mol. The van der Waals surface area contributed by atoms with Crippen LogP contribution in [0.1, 0.15) is 128 Å². The molecule has 0 bridgehead atoms. The fraction of sp³-hybridized carbons (Fsp3) is 0.818. The number of allylic oxidation sites excluding steroid dienone is 3. The lowest BCUT2D eigenvalue weighted by molar-refractivity contribution is -0.132. The van der Waals surface area contributed by atoms with Crippen molar-refractivity contribution in [1.29, 1.82) is 0 Å². The second kappa shape index (κ2) is 21.0. The predicted octanol–water partition coefficient (Wildman–Crippen LogP) is 11.9. The first kappa shape index (κ1) is 49.3. The number of hydrogen-bond acceptors (Lipinski definition) is 5. The molecule has 0 aromatic heterocycles. The Morgan fingerprint density at radius 1 is 0.830 bits per heavy atom. The fourth-order valence-corrected chi connectivity index (χ4v) is 10.5. The van der Waals surface area contributed by atoms with Gasteiger partial charge in [-0.1, -0.05) is 132 Å². The van der Waals surface area contributed by atoms with Crippen LogP contribution in [0.15, 0.2) is 36.5 Å². The smallest absolute Gasteiger partial charge is 0.404 e. The van der Waals surface area contributed by atoms with Gasteiger partial charge in [-0.2, -0.15) is 0 Å². The number of nitrogens with two attached hydrogens (primary N) is 1. The molecule has 53 heavy (non-hydrogen) atoms. The van der Waals surface area contributed by atoms with E-state index < -0.39 is 28.8 Å². The van der Waals surface area contributed by atoms with Gasteiger partial charge in [-0.3, -0.25) is 4.79 Å². The number of primary amides is 1. The van der Waals surface area contributed by atoms with Crippen molar-refractivity contribution >= 4 is 28.6 Å². The topological polar surface area (TPSA) is 91.1 Å². The number of carbonyl (C=O) groups is 2. The molecule has 0 spiro atoms. The van der Waals surface area contributed by atoms with Crippen LogP contribution in [0.25, 0.3) is 0 Å². The summed E-state index contributed by atoms with van der Waals surface area (Å²) in [7, 11) is -2.36. The summed E-state index contributed by atoms with van der Waals surface area (Å²) in [5, 5.41) is 0.0700. The number of amides is 2. The van der Waals surface area contributed by atoms with E-state index >= 15 is 0 Å². The number of ether oxygens (including phenoxy) is 1. The molecule has 0 aromatic carbocycles. The van der Waals surface area contributed by atoms with E-state index in [-0.39, 0.29) is 57.8 Å². The molecular formula is C44H84N2O5Si2. The largest absolute Gasteiger partial charge is 0.445 e. The molecule has 0 aliphatic heterocycles. The highest BCUT2D eigenvalue weighted by atomic mass is 28.4. The van der Waals surface area contributed by atoms with E-state index in [1.54, 1.807) is 6.08 Å². The lowest BCUT2D eigenvalue weighted by Crippen LogP contribution is -2.50. The summed E-state index contributed by atoms with van der Waals surface area (Å²) >= 11 is 0. The van der Waals surface area contributed by atoms with Gasteiger partial charge < -0.3 is 24.2 Å². The maximum atomic E-state index is 13.4. The van der Waals surface area contributed by atoms with Gasteiger partial charge in [0, 0.05) is 31.8 Å². The molecule has 0 saturated heterocycles. The Morgan fingerprint density at radius 3 is 1.81 bits per heavy atom. The monoisotopic (exact) mass is 777 g/mol. The molecule has 9 heteroatoms. The Bertz CT molecular complexity index is 1210. The van der Waals surface area contributed by atoms with Crippen LogP contribution in [0.4, 0.5) is 4.79 Å². The van der Waals surface area contributed by atoms with Crippen molar-refractivity contribution in [2.45, 2.75) is 183 Å². The maximum Gasteiger partial charge on any atom is 0.404 e. The van der Waals surface area contributed by atoms with Gasteiger partial charge in [0.25, 0.3) is 0 Å². The van der Waals surface area contributed by atoms with Gasteiger partial charge in [-0.05, 0) is 86.1 Å². The first-order chi connectivity index (χ1) is 24.1. The minimum absolute atomic E-state index is 0.00782. The number of nitrogens with zero attached hydrogens (tertiary/aromatic N) is 1.